The third-order valence-electron chi connectivity index (χ3n) is 3.18. The van der Waals surface area contributed by atoms with Crippen LogP contribution in [0.2, 0.25) is 0 Å². The van der Waals surface area contributed by atoms with Gasteiger partial charge in [-0.2, -0.15) is 0 Å². The maximum absolute atomic E-state index is 13.7. The van der Waals surface area contributed by atoms with Crippen molar-refractivity contribution in [1.29, 1.82) is 0 Å². The number of hydrogen-bond donors (Lipinski definition) is 1. The molecule has 1 aliphatic heterocycles. The van der Waals surface area contributed by atoms with E-state index in [1.807, 2.05) is 0 Å². The predicted molar refractivity (Wildman–Crippen MR) is 84.1 cm³/mol. The third-order valence-corrected chi connectivity index (χ3v) is 3.67. The molecule has 0 aromatic heterocycles. The number of benzene rings is 2. The number of carbonyl (C=O) groups excluding carboxylic acids is 1. The molecule has 114 valence electrons. The lowest BCUT2D eigenvalue weighted by atomic mass is 10.2. The maximum atomic E-state index is 13.7. The Morgan fingerprint density at radius 3 is 2.68 bits per heavy atom. The van der Waals surface area contributed by atoms with Crippen LogP contribution in [0.3, 0.4) is 0 Å². The van der Waals surface area contributed by atoms with Gasteiger partial charge in [0, 0.05) is 22.6 Å². The smallest absolute Gasteiger partial charge is 0.258 e. The molecule has 0 unspecified atom stereocenters. The summed E-state index contributed by atoms with van der Waals surface area (Å²) in [6.45, 7) is 1.16. The Morgan fingerprint density at radius 1 is 1.09 bits per heavy atom. The highest BCUT2D eigenvalue weighted by Gasteiger charge is 2.15. The average Bonchev–Trinajstić information content (AvgIpc) is 2.74. The van der Waals surface area contributed by atoms with E-state index in [-0.39, 0.29) is 5.56 Å². The highest BCUT2D eigenvalue weighted by Crippen LogP contribution is 2.32. The first-order valence-corrected chi connectivity index (χ1v) is 7.59. The molecule has 2 aromatic carbocycles. The molecule has 1 amide bonds. The first kappa shape index (κ1) is 14.8. The summed E-state index contributed by atoms with van der Waals surface area (Å²) in [6.07, 6.45) is 0.805. The first-order chi connectivity index (χ1) is 10.6. The summed E-state index contributed by atoms with van der Waals surface area (Å²) in [5.41, 5.74) is 0.495. The molecular weight excluding hydrogens is 353 g/mol. The van der Waals surface area contributed by atoms with Crippen LogP contribution in [0.4, 0.5) is 10.1 Å². The quantitative estimate of drug-likeness (QED) is 0.874. The molecule has 4 nitrogen and oxygen atoms in total. The van der Waals surface area contributed by atoms with Crippen LogP contribution in [-0.4, -0.2) is 19.1 Å². The minimum Gasteiger partial charge on any atom is -0.490 e. The van der Waals surface area contributed by atoms with E-state index >= 15 is 0 Å². The summed E-state index contributed by atoms with van der Waals surface area (Å²) in [7, 11) is 0. The topological polar surface area (TPSA) is 47.6 Å². The third kappa shape index (κ3) is 3.22. The molecule has 2 aromatic rings. The fourth-order valence-electron chi connectivity index (χ4n) is 2.11. The molecule has 0 saturated carbocycles. The lowest BCUT2D eigenvalue weighted by molar-refractivity contribution is 0.102. The van der Waals surface area contributed by atoms with Gasteiger partial charge in [-0.3, -0.25) is 4.79 Å². The Kier molecular flexibility index (Phi) is 4.29. The summed E-state index contributed by atoms with van der Waals surface area (Å²) in [5.74, 6) is 0.123. The Bertz CT molecular complexity index is 721. The van der Waals surface area contributed by atoms with Crippen molar-refractivity contribution in [3.63, 3.8) is 0 Å². The second-order valence-corrected chi connectivity index (χ2v) is 5.71. The van der Waals surface area contributed by atoms with Crippen LogP contribution < -0.4 is 14.8 Å². The van der Waals surface area contributed by atoms with Crippen LogP contribution in [0.5, 0.6) is 11.5 Å². The number of hydrogen-bond acceptors (Lipinski definition) is 3. The van der Waals surface area contributed by atoms with E-state index in [9.17, 15) is 9.18 Å². The highest BCUT2D eigenvalue weighted by molar-refractivity contribution is 9.10. The first-order valence-electron chi connectivity index (χ1n) is 6.79. The van der Waals surface area contributed by atoms with Crippen molar-refractivity contribution in [3.8, 4) is 11.5 Å². The van der Waals surface area contributed by atoms with E-state index in [4.69, 9.17) is 9.47 Å². The largest absolute Gasteiger partial charge is 0.490 e. The number of halogens is 2. The number of anilines is 1. The van der Waals surface area contributed by atoms with Gasteiger partial charge >= 0.3 is 0 Å². The van der Waals surface area contributed by atoms with E-state index in [1.165, 1.54) is 12.1 Å². The average molecular weight is 366 g/mol. The van der Waals surface area contributed by atoms with Crippen LogP contribution in [0, 0.1) is 5.82 Å². The second-order valence-electron chi connectivity index (χ2n) is 4.79. The van der Waals surface area contributed by atoms with Crippen LogP contribution in [0.25, 0.3) is 0 Å². The molecule has 0 radical (unpaired) electrons. The van der Waals surface area contributed by atoms with E-state index < -0.39 is 11.7 Å². The van der Waals surface area contributed by atoms with Gasteiger partial charge in [0.25, 0.3) is 5.91 Å². The van der Waals surface area contributed by atoms with Gasteiger partial charge < -0.3 is 14.8 Å². The molecule has 0 atom stereocenters. The lowest BCUT2D eigenvalue weighted by Gasteiger charge is -2.11. The number of fused-ring (bicyclic) bond motifs is 1. The van der Waals surface area contributed by atoms with Crippen molar-refractivity contribution >= 4 is 27.5 Å². The zero-order valence-corrected chi connectivity index (χ0v) is 13.2. The summed E-state index contributed by atoms with van der Waals surface area (Å²) in [6, 6.07) is 9.32. The van der Waals surface area contributed by atoms with E-state index in [0.717, 1.165) is 6.42 Å². The summed E-state index contributed by atoms with van der Waals surface area (Å²) >= 11 is 3.22. The Morgan fingerprint density at radius 2 is 1.86 bits per heavy atom. The number of carbonyl (C=O) groups is 1. The lowest BCUT2D eigenvalue weighted by Crippen LogP contribution is -2.13. The summed E-state index contributed by atoms with van der Waals surface area (Å²) in [5, 5.41) is 2.66. The van der Waals surface area contributed by atoms with Crippen LogP contribution >= 0.6 is 15.9 Å². The minimum atomic E-state index is -0.574. The Balaban J connectivity index is 1.82. The molecule has 1 aliphatic rings. The fourth-order valence-corrected chi connectivity index (χ4v) is 2.47. The van der Waals surface area contributed by atoms with Crippen molar-refractivity contribution in [1.82, 2.24) is 0 Å². The van der Waals surface area contributed by atoms with Crippen molar-refractivity contribution < 1.29 is 18.7 Å². The van der Waals surface area contributed by atoms with Gasteiger partial charge in [-0.1, -0.05) is 15.9 Å². The van der Waals surface area contributed by atoms with Crippen molar-refractivity contribution in [3.05, 3.63) is 52.3 Å². The molecular formula is C16H13BrFNO3. The number of ether oxygens (including phenoxy) is 2. The van der Waals surface area contributed by atoms with Crippen LogP contribution in [0.15, 0.2) is 40.9 Å². The fraction of sp³-hybridized carbons (Fsp3) is 0.188. The van der Waals surface area contributed by atoms with Gasteiger partial charge in [-0.25, -0.2) is 4.39 Å². The monoisotopic (exact) mass is 365 g/mol. The highest BCUT2D eigenvalue weighted by atomic mass is 79.9. The molecule has 1 N–H and O–H groups in total. The second kappa shape index (κ2) is 6.36. The van der Waals surface area contributed by atoms with Gasteiger partial charge in [0.05, 0.1) is 18.8 Å². The van der Waals surface area contributed by atoms with Gasteiger partial charge in [-0.05, 0) is 30.3 Å². The van der Waals surface area contributed by atoms with Crippen molar-refractivity contribution in [2.45, 2.75) is 6.42 Å². The molecule has 3 rings (SSSR count). The molecule has 0 fully saturated rings. The minimum absolute atomic E-state index is 0.0264. The summed E-state index contributed by atoms with van der Waals surface area (Å²) in [4.78, 5) is 12.2. The number of nitrogens with one attached hydrogen (secondary N) is 1. The molecule has 1 heterocycles. The molecule has 0 saturated heterocycles. The summed E-state index contributed by atoms with van der Waals surface area (Å²) < 4.78 is 25.4. The van der Waals surface area contributed by atoms with Crippen LogP contribution in [-0.2, 0) is 0 Å². The van der Waals surface area contributed by atoms with Crippen molar-refractivity contribution in [2.24, 2.45) is 0 Å². The standard InChI is InChI=1S/C16H13BrFNO3/c17-10-2-4-13(18)12(8-10)16(20)19-11-3-5-14-15(9-11)22-7-1-6-21-14/h2-5,8-9H,1,6-7H2,(H,19,20). The van der Waals surface area contributed by atoms with E-state index in [1.54, 1.807) is 24.3 Å². The van der Waals surface area contributed by atoms with Gasteiger partial charge in [0.15, 0.2) is 11.5 Å². The SMILES string of the molecule is O=C(Nc1ccc2c(c1)OCCCO2)c1cc(Br)ccc1F. The van der Waals surface area contributed by atoms with E-state index in [2.05, 4.69) is 21.2 Å². The number of amides is 1. The van der Waals surface area contributed by atoms with Crippen LogP contribution in [0.1, 0.15) is 16.8 Å². The number of rotatable bonds is 2. The zero-order valence-electron chi connectivity index (χ0n) is 11.6. The van der Waals surface area contributed by atoms with E-state index in [0.29, 0.717) is 34.9 Å². The zero-order chi connectivity index (χ0) is 15.5. The predicted octanol–water partition coefficient (Wildman–Crippen LogP) is 4.00. The molecule has 22 heavy (non-hydrogen) atoms. The molecule has 0 aliphatic carbocycles. The maximum Gasteiger partial charge on any atom is 0.258 e. The Labute approximate surface area is 135 Å². The van der Waals surface area contributed by atoms with Gasteiger partial charge in [0.2, 0.25) is 0 Å². The molecule has 0 spiro atoms. The van der Waals surface area contributed by atoms with Crippen molar-refractivity contribution in [2.75, 3.05) is 18.5 Å². The van der Waals surface area contributed by atoms with Gasteiger partial charge in [-0.15, -0.1) is 0 Å². The Hall–Kier alpha value is -2.08. The molecule has 6 heteroatoms. The normalized spacial score (nSPS) is 13.4. The molecule has 0 bridgehead atoms. The van der Waals surface area contributed by atoms with Gasteiger partial charge in [0.1, 0.15) is 5.82 Å².